The summed E-state index contributed by atoms with van der Waals surface area (Å²) in [5.74, 6) is -0.191. The van der Waals surface area contributed by atoms with Crippen LogP contribution in [0.1, 0.15) is 64.7 Å². The van der Waals surface area contributed by atoms with Crippen molar-refractivity contribution >= 4 is 52.5 Å². The summed E-state index contributed by atoms with van der Waals surface area (Å²) >= 11 is 0. The Bertz CT molecular complexity index is 1990. The van der Waals surface area contributed by atoms with Gasteiger partial charge in [0.2, 0.25) is 11.8 Å². The van der Waals surface area contributed by atoms with E-state index in [-0.39, 0.29) is 61.3 Å². The molecule has 5 amide bonds. The van der Waals surface area contributed by atoms with E-state index in [4.69, 9.17) is 24.9 Å². The Hall–Kier alpha value is -5.97. The summed E-state index contributed by atoms with van der Waals surface area (Å²) < 4.78 is 17.2. The summed E-state index contributed by atoms with van der Waals surface area (Å²) in [6, 6.07) is 10.1. The van der Waals surface area contributed by atoms with Gasteiger partial charge in [-0.05, 0) is 49.9 Å². The van der Waals surface area contributed by atoms with Gasteiger partial charge in [0.15, 0.2) is 23.9 Å². The number of nitrogens with one attached hydrogen (secondary N) is 3. The lowest BCUT2D eigenvalue weighted by molar-refractivity contribution is -0.137. The van der Waals surface area contributed by atoms with E-state index in [1.807, 2.05) is 25.1 Å². The lowest BCUT2D eigenvalue weighted by Gasteiger charge is -2.36. The number of carbonyl (C=O) groups excluding carboxylic acids is 5. The number of nitrogens with two attached hydrogens (primary N) is 1. The van der Waals surface area contributed by atoms with Crippen molar-refractivity contribution in [1.82, 2.24) is 25.1 Å². The van der Waals surface area contributed by atoms with E-state index in [1.54, 1.807) is 30.2 Å². The fourth-order valence-electron chi connectivity index (χ4n) is 7.40. The van der Waals surface area contributed by atoms with Crippen molar-refractivity contribution in [3.05, 3.63) is 58.9 Å². The summed E-state index contributed by atoms with van der Waals surface area (Å²) in [4.78, 5) is 77.6. The maximum Gasteiger partial charge on any atom is 0.271 e. The summed E-state index contributed by atoms with van der Waals surface area (Å²) in [7, 11) is 1.58. The second-order valence-electron chi connectivity index (χ2n) is 13.8. The number of fused-ring (bicyclic) bond motifs is 1. The zero-order valence-corrected chi connectivity index (χ0v) is 30.9. The van der Waals surface area contributed by atoms with Gasteiger partial charge in [0.1, 0.15) is 17.5 Å². The van der Waals surface area contributed by atoms with Crippen LogP contribution in [0.2, 0.25) is 0 Å². The molecular formula is C38H45N9O8. The molecule has 17 nitrogen and oxygen atoms in total. The van der Waals surface area contributed by atoms with Crippen molar-refractivity contribution in [2.45, 2.75) is 57.7 Å². The van der Waals surface area contributed by atoms with E-state index in [2.05, 4.69) is 25.8 Å². The first kappa shape index (κ1) is 37.3. The van der Waals surface area contributed by atoms with E-state index in [1.165, 1.54) is 4.90 Å². The molecule has 3 fully saturated rings. The Balaban J connectivity index is 0.969. The standard InChI is InChI=1S/C38H45N9O8/c1-3-26-35(40-22-11-17-54-18-12-22)44-36(33(42-26)34(39)50)41-23-7-8-27(30(19-23)53-2)45-13-15-46(16-14-45)32(49)21-55-29-6-4-5-24-25(29)20-47(38(24)52)28-9-10-31(48)43-37(28)51/h4-8,19,22,28H,3,9-18,20-21H2,1-2H3,(H2,39,50)(H2,40,41,44)(H,43,48,51). The Morgan fingerprint density at radius 1 is 1.00 bits per heavy atom. The summed E-state index contributed by atoms with van der Waals surface area (Å²) in [6.45, 7) is 5.20. The van der Waals surface area contributed by atoms with Crippen LogP contribution in [0.5, 0.6) is 11.5 Å². The zero-order chi connectivity index (χ0) is 38.6. The number of rotatable bonds is 12. The number of primary amides is 1. The van der Waals surface area contributed by atoms with Crippen LogP contribution in [0.15, 0.2) is 36.4 Å². The minimum absolute atomic E-state index is 0.0431. The molecule has 4 aliphatic heterocycles. The van der Waals surface area contributed by atoms with E-state index in [9.17, 15) is 24.0 Å². The predicted molar refractivity (Wildman–Crippen MR) is 200 cm³/mol. The van der Waals surface area contributed by atoms with Crippen molar-refractivity contribution in [3.63, 3.8) is 0 Å². The molecule has 0 saturated carbocycles. The number of aryl methyl sites for hydroxylation is 1. The van der Waals surface area contributed by atoms with Gasteiger partial charge in [-0.2, -0.15) is 0 Å². The SMILES string of the molecule is CCc1nc(C(N)=O)c(Nc2ccc(N3CCN(C(=O)COc4cccc5c4CN(C4CCC(=O)NC4=O)C5=O)CC3)c(OC)c2)nc1NC1CCOCC1. The van der Waals surface area contributed by atoms with Crippen molar-refractivity contribution in [2.24, 2.45) is 5.73 Å². The minimum Gasteiger partial charge on any atom is -0.495 e. The molecule has 290 valence electrons. The molecule has 0 spiro atoms. The molecule has 2 aromatic carbocycles. The average molecular weight is 756 g/mol. The molecule has 0 aliphatic carbocycles. The second kappa shape index (κ2) is 16.2. The van der Waals surface area contributed by atoms with E-state index < -0.39 is 17.9 Å². The smallest absolute Gasteiger partial charge is 0.271 e. The second-order valence-corrected chi connectivity index (χ2v) is 13.8. The number of carbonyl (C=O) groups is 5. The van der Waals surface area contributed by atoms with Gasteiger partial charge in [-0.25, -0.2) is 9.97 Å². The number of imide groups is 1. The predicted octanol–water partition coefficient (Wildman–Crippen LogP) is 1.97. The van der Waals surface area contributed by atoms with E-state index in [0.717, 1.165) is 18.5 Å². The van der Waals surface area contributed by atoms with Crippen molar-refractivity contribution in [3.8, 4) is 11.5 Å². The number of piperidine rings is 1. The number of ether oxygens (including phenoxy) is 3. The molecule has 3 saturated heterocycles. The van der Waals surface area contributed by atoms with Gasteiger partial charge in [0, 0.05) is 74.7 Å². The first-order valence-corrected chi connectivity index (χ1v) is 18.6. The third-order valence-corrected chi connectivity index (χ3v) is 10.4. The highest BCUT2D eigenvalue weighted by Gasteiger charge is 2.40. The van der Waals surface area contributed by atoms with Crippen LogP contribution in [0.3, 0.4) is 0 Å². The number of hydrogen-bond acceptors (Lipinski definition) is 13. The van der Waals surface area contributed by atoms with Crippen LogP contribution in [0.4, 0.5) is 23.0 Å². The first-order valence-electron chi connectivity index (χ1n) is 18.6. The molecule has 55 heavy (non-hydrogen) atoms. The molecule has 3 aromatic rings. The highest BCUT2D eigenvalue weighted by atomic mass is 16.5. The monoisotopic (exact) mass is 755 g/mol. The molecule has 0 radical (unpaired) electrons. The van der Waals surface area contributed by atoms with Gasteiger partial charge in [-0.3, -0.25) is 29.3 Å². The third-order valence-electron chi connectivity index (χ3n) is 10.4. The summed E-state index contributed by atoms with van der Waals surface area (Å²) in [5.41, 5.74) is 8.92. The number of methoxy groups -OCH3 is 1. The number of amides is 5. The number of benzene rings is 2. The topological polar surface area (TPSA) is 211 Å². The Morgan fingerprint density at radius 2 is 1.78 bits per heavy atom. The molecule has 1 unspecified atom stereocenters. The summed E-state index contributed by atoms with van der Waals surface area (Å²) in [6.07, 6.45) is 2.67. The fourth-order valence-corrected chi connectivity index (χ4v) is 7.40. The van der Waals surface area contributed by atoms with Crippen LogP contribution in [0.25, 0.3) is 0 Å². The van der Waals surface area contributed by atoms with Crippen LogP contribution in [-0.4, -0.2) is 114 Å². The maximum atomic E-state index is 13.3. The number of nitrogens with zero attached hydrogens (tertiary/aromatic N) is 5. The molecule has 1 aromatic heterocycles. The summed E-state index contributed by atoms with van der Waals surface area (Å²) in [5, 5.41) is 9.00. The first-order chi connectivity index (χ1) is 26.6. The van der Waals surface area contributed by atoms with Gasteiger partial charge in [-0.1, -0.05) is 13.0 Å². The molecular weight excluding hydrogens is 710 g/mol. The Kier molecular flexibility index (Phi) is 11.0. The number of hydrogen-bond donors (Lipinski definition) is 4. The number of piperazine rings is 1. The third kappa shape index (κ3) is 7.97. The van der Waals surface area contributed by atoms with Gasteiger partial charge in [-0.15, -0.1) is 0 Å². The lowest BCUT2D eigenvalue weighted by atomic mass is 10.0. The van der Waals surface area contributed by atoms with Crippen LogP contribution in [0, 0.1) is 0 Å². The van der Waals surface area contributed by atoms with E-state index in [0.29, 0.717) is 85.6 Å². The van der Waals surface area contributed by atoms with Crippen molar-refractivity contribution < 1.29 is 38.2 Å². The van der Waals surface area contributed by atoms with E-state index >= 15 is 0 Å². The average Bonchev–Trinajstić information content (AvgIpc) is 3.53. The fraction of sp³-hybridized carbons (Fsp3) is 0.447. The van der Waals surface area contributed by atoms with Crippen molar-refractivity contribution in [2.75, 3.05) is 68.6 Å². The Morgan fingerprint density at radius 3 is 2.49 bits per heavy atom. The largest absolute Gasteiger partial charge is 0.495 e. The molecule has 7 rings (SSSR count). The normalized spacial score (nSPS) is 18.8. The molecule has 0 bridgehead atoms. The molecule has 1 atom stereocenters. The highest BCUT2D eigenvalue weighted by molar-refractivity contribution is 6.05. The number of anilines is 4. The van der Waals surface area contributed by atoms with Crippen LogP contribution in [-0.2, 0) is 32.1 Å². The van der Waals surface area contributed by atoms with Gasteiger partial charge in [0.05, 0.1) is 25.0 Å². The molecule has 17 heteroatoms. The van der Waals surface area contributed by atoms with Gasteiger partial charge in [0.25, 0.3) is 17.7 Å². The lowest BCUT2D eigenvalue weighted by Crippen LogP contribution is -2.52. The number of aromatic nitrogens is 2. The van der Waals surface area contributed by atoms with Crippen LogP contribution >= 0.6 is 0 Å². The molecule has 4 aliphatic rings. The highest BCUT2D eigenvalue weighted by Crippen LogP contribution is 2.35. The van der Waals surface area contributed by atoms with Crippen LogP contribution < -0.4 is 36.1 Å². The van der Waals surface area contributed by atoms with Gasteiger partial charge < -0.3 is 45.3 Å². The molecule has 5 N–H and O–H groups in total. The quantitative estimate of drug-likeness (QED) is 0.195. The maximum absolute atomic E-state index is 13.3. The van der Waals surface area contributed by atoms with Crippen molar-refractivity contribution in [1.29, 1.82) is 0 Å². The minimum atomic E-state index is -0.741. The molecule has 5 heterocycles. The van der Waals surface area contributed by atoms with Gasteiger partial charge >= 0.3 is 0 Å². The zero-order valence-electron chi connectivity index (χ0n) is 30.9. The Labute approximate surface area is 317 Å².